The van der Waals surface area contributed by atoms with Gasteiger partial charge in [0.15, 0.2) is 0 Å². The molecule has 0 saturated heterocycles. The number of benzene rings is 5. The Balaban J connectivity index is 1.27. The Bertz CT molecular complexity index is 2520. The van der Waals surface area contributed by atoms with Crippen molar-refractivity contribution in [3.05, 3.63) is 144 Å². The third-order valence-corrected chi connectivity index (χ3v) is 10.0. The van der Waals surface area contributed by atoms with Gasteiger partial charge in [-0.2, -0.15) is 0 Å². The zero-order valence-electron chi connectivity index (χ0n) is 24.5. The summed E-state index contributed by atoms with van der Waals surface area (Å²) in [5, 5.41) is 13.1. The Morgan fingerprint density at radius 2 is 0.804 bits per heavy atom. The number of fused-ring (bicyclic) bond motifs is 6. The van der Waals surface area contributed by atoms with Gasteiger partial charge >= 0.3 is 0 Å². The molecule has 9 rings (SSSR count). The van der Waals surface area contributed by atoms with Gasteiger partial charge in [-0.25, -0.2) is 19.9 Å². The average Bonchev–Trinajstić information content (AvgIpc) is 3.88. The van der Waals surface area contributed by atoms with Crippen molar-refractivity contribution in [1.29, 1.82) is 0 Å². The molecule has 0 saturated carbocycles. The van der Waals surface area contributed by atoms with Crippen LogP contribution in [0.3, 0.4) is 0 Å². The molecule has 0 spiro atoms. The lowest BCUT2D eigenvalue weighted by Gasteiger charge is -2.15. The van der Waals surface area contributed by atoms with Crippen LogP contribution in [0, 0.1) is 0 Å². The fourth-order valence-corrected chi connectivity index (χ4v) is 7.48. The standard InChI is InChI=1S/C40H24N4S2/c1-2-6-25(7-3-1)26-12-15-31-32-23-27(35-8-4-10-37(43-35)39-41-18-20-45-39)13-16-29(32)30-17-14-28(24-34(30)33(31)22-26)36-9-5-11-38(44-36)40-42-19-21-46-40/h1-24H. The highest BCUT2D eigenvalue weighted by molar-refractivity contribution is 7.13. The number of pyridine rings is 2. The minimum absolute atomic E-state index is 0.891. The van der Waals surface area contributed by atoms with E-state index in [0.29, 0.717) is 0 Å². The topological polar surface area (TPSA) is 51.6 Å². The molecule has 216 valence electrons. The number of nitrogens with zero attached hydrogens (tertiary/aromatic N) is 4. The normalized spacial score (nSPS) is 11.5. The Labute approximate surface area is 273 Å². The van der Waals surface area contributed by atoms with Gasteiger partial charge in [0.2, 0.25) is 0 Å². The first kappa shape index (κ1) is 26.8. The second-order valence-electron chi connectivity index (χ2n) is 11.1. The molecular weight excluding hydrogens is 601 g/mol. The fraction of sp³-hybridized carbons (Fsp3) is 0. The molecule has 4 nitrogen and oxygen atoms in total. The van der Waals surface area contributed by atoms with Crippen LogP contribution in [0.1, 0.15) is 0 Å². The summed E-state index contributed by atoms with van der Waals surface area (Å²) in [7, 11) is 0. The molecule has 0 radical (unpaired) electrons. The van der Waals surface area contributed by atoms with Crippen LogP contribution in [0.2, 0.25) is 0 Å². The molecule has 0 bridgehead atoms. The number of aromatic nitrogens is 4. The lowest BCUT2D eigenvalue weighted by molar-refractivity contribution is 1.29. The van der Waals surface area contributed by atoms with Gasteiger partial charge in [-0.3, -0.25) is 0 Å². The van der Waals surface area contributed by atoms with Crippen molar-refractivity contribution >= 4 is 55.0 Å². The lowest BCUT2D eigenvalue weighted by atomic mass is 9.90. The Kier molecular flexibility index (Phi) is 6.47. The molecule has 0 fully saturated rings. The minimum atomic E-state index is 0.891. The van der Waals surface area contributed by atoms with E-state index in [1.54, 1.807) is 22.7 Å². The molecule has 0 aliphatic rings. The van der Waals surface area contributed by atoms with Crippen molar-refractivity contribution in [2.75, 3.05) is 0 Å². The van der Waals surface area contributed by atoms with E-state index in [1.165, 1.54) is 43.4 Å². The van der Waals surface area contributed by atoms with E-state index in [4.69, 9.17) is 9.97 Å². The van der Waals surface area contributed by atoms with Crippen LogP contribution < -0.4 is 0 Å². The van der Waals surface area contributed by atoms with E-state index >= 15 is 0 Å². The molecule has 46 heavy (non-hydrogen) atoms. The lowest BCUT2D eigenvalue weighted by Crippen LogP contribution is -1.91. The number of hydrogen-bond acceptors (Lipinski definition) is 6. The van der Waals surface area contributed by atoms with Crippen LogP contribution in [0.25, 0.3) is 87.4 Å². The van der Waals surface area contributed by atoms with Crippen molar-refractivity contribution < 1.29 is 0 Å². The fourth-order valence-electron chi connectivity index (χ4n) is 6.26. The maximum atomic E-state index is 5.01. The summed E-state index contributed by atoms with van der Waals surface area (Å²) in [5.41, 5.74) is 8.20. The SMILES string of the molecule is c1ccc(-c2ccc3c(c2)c2cc(-c4cccc(-c5nccs5)n4)ccc2c2ccc(-c4cccc(-c5nccs5)n4)cc23)cc1. The smallest absolute Gasteiger partial charge is 0.141 e. The van der Waals surface area contributed by atoms with Gasteiger partial charge in [-0.1, -0.05) is 78.9 Å². The predicted octanol–water partition coefficient (Wildman–Crippen LogP) is 11.2. The molecule has 4 heterocycles. The zero-order valence-corrected chi connectivity index (χ0v) is 26.1. The van der Waals surface area contributed by atoms with Crippen LogP contribution in [-0.4, -0.2) is 19.9 Å². The first-order chi connectivity index (χ1) is 22.8. The van der Waals surface area contributed by atoms with E-state index in [-0.39, 0.29) is 0 Å². The summed E-state index contributed by atoms with van der Waals surface area (Å²) in [6.45, 7) is 0. The summed E-state index contributed by atoms with van der Waals surface area (Å²) in [4.78, 5) is 19.0. The van der Waals surface area contributed by atoms with Gasteiger partial charge in [-0.15, -0.1) is 22.7 Å². The van der Waals surface area contributed by atoms with Crippen LogP contribution in [0.4, 0.5) is 0 Å². The maximum Gasteiger partial charge on any atom is 0.141 e. The number of rotatable bonds is 5. The van der Waals surface area contributed by atoms with E-state index in [2.05, 4.69) is 119 Å². The van der Waals surface area contributed by atoms with Gasteiger partial charge in [-0.05, 0) is 85.9 Å². The van der Waals surface area contributed by atoms with Crippen LogP contribution in [0.15, 0.2) is 144 Å². The summed E-state index contributed by atoms with van der Waals surface area (Å²) >= 11 is 3.21. The van der Waals surface area contributed by atoms with E-state index < -0.39 is 0 Å². The Morgan fingerprint density at radius 3 is 1.33 bits per heavy atom. The van der Waals surface area contributed by atoms with Gasteiger partial charge in [0.1, 0.15) is 10.0 Å². The molecule has 4 aromatic heterocycles. The van der Waals surface area contributed by atoms with Crippen LogP contribution in [-0.2, 0) is 0 Å². The Morgan fingerprint density at radius 1 is 0.348 bits per heavy atom. The molecule has 0 N–H and O–H groups in total. The second-order valence-corrected chi connectivity index (χ2v) is 12.9. The molecule has 9 aromatic rings. The largest absolute Gasteiger partial charge is 0.245 e. The number of hydrogen-bond donors (Lipinski definition) is 0. The number of thiazole rings is 2. The third kappa shape index (κ3) is 4.67. The molecule has 5 aromatic carbocycles. The summed E-state index contributed by atoms with van der Waals surface area (Å²) in [5.74, 6) is 0. The quantitative estimate of drug-likeness (QED) is 0.179. The van der Waals surface area contributed by atoms with Gasteiger partial charge in [0.25, 0.3) is 0 Å². The van der Waals surface area contributed by atoms with Crippen molar-refractivity contribution in [2.45, 2.75) is 0 Å². The highest BCUT2D eigenvalue weighted by atomic mass is 32.1. The predicted molar refractivity (Wildman–Crippen MR) is 193 cm³/mol. The van der Waals surface area contributed by atoms with Crippen molar-refractivity contribution in [3.8, 4) is 55.0 Å². The van der Waals surface area contributed by atoms with E-state index in [9.17, 15) is 0 Å². The summed E-state index contributed by atoms with van der Waals surface area (Å²) in [6, 6.07) is 43.2. The van der Waals surface area contributed by atoms with Crippen molar-refractivity contribution in [3.63, 3.8) is 0 Å². The van der Waals surface area contributed by atoms with Gasteiger partial charge < -0.3 is 0 Å². The molecule has 0 aliphatic heterocycles. The molecular formula is C40H24N4S2. The monoisotopic (exact) mass is 624 g/mol. The highest BCUT2D eigenvalue weighted by Gasteiger charge is 2.14. The molecule has 0 amide bonds. The van der Waals surface area contributed by atoms with Crippen LogP contribution >= 0.6 is 22.7 Å². The third-order valence-electron chi connectivity index (χ3n) is 8.43. The summed E-state index contributed by atoms with van der Waals surface area (Å²) < 4.78 is 0. The highest BCUT2D eigenvalue weighted by Crippen LogP contribution is 2.40. The second kappa shape index (κ2) is 11.1. The van der Waals surface area contributed by atoms with E-state index in [0.717, 1.165) is 43.9 Å². The maximum absolute atomic E-state index is 5.01. The Hall–Kier alpha value is -5.56. The molecule has 0 unspecified atom stereocenters. The first-order valence-electron chi connectivity index (χ1n) is 15.0. The van der Waals surface area contributed by atoms with Crippen LogP contribution in [0.5, 0.6) is 0 Å². The van der Waals surface area contributed by atoms with Gasteiger partial charge in [0, 0.05) is 34.3 Å². The first-order valence-corrected chi connectivity index (χ1v) is 16.8. The minimum Gasteiger partial charge on any atom is -0.245 e. The summed E-state index contributed by atoms with van der Waals surface area (Å²) in [6.07, 6.45) is 3.65. The average molecular weight is 625 g/mol. The van der Waals surface area contributed by atoms with Crippen molar-refractivity contribution in [2.24, 2.45) is 0 Å². The molecule has 6 heteroatoms. The zero-order chi connectivity index (χ0) is 30.5. The van der Waals surface area contributed by atoms with Gasteiger partial charge in [0.05, 0.1) is 22.8 Å². The van der Waals surface area contributed by atoms with E-state index in [1.807, 2.05) is 35.3 Å². The molecule has 0 aliphatic carbocycles. The van der Waals surface area contributed by atoms with Crippen molar-refractivity contribution in [1.82, 2.24) is 19.9 Å². The molecule has 0 atom stereocenters.